The van der Waals surface area contributed by atoms with Gasteiger partial charge in [0.1, 0.15) is 22.9 Å². The van der Waals surface area contributed by atoms with Gasteiger partial charge in [-0.15, -0.1) is 0 Å². The number of nitrogens with one attached hydrogen (secondary N) is 1. The van der Waals surface area contributed by atoms with Gasteiger partial charge in [-0.05, 0) is 35.9 Å². The minimum atomic E-state index is -0.00124. The molecule has 0 fully saturated rings. The maximum Gasteiger partial charge on any atom is 0.137 e. The first-order chi connectivity index (χ1) is 11.6. The predicted molar refractivity (Wildman–Crippen MR) is 92.0 cm³/mol. The first-order valence-electron chi connectivity index (χ1n) is 7.41. The maximum atomic E-state index is 10.1. The van der Waals surface area contributed by atoms with Crippen LogP contribution < -0.4 is 0 Å². The van der Waals surface area contributed by atoms with Crippen molar-refractivity contribution >= 4 is 11.0 Å². The number of pyridine rings is 1. The highest BCUT2D eigenvalue weighted by atomic mass is 16.3. The molecule has 0 bridgehead atoms. The van der Waals surface area contributed by atoms with Crippen molar-refractivity contribution in [1.82, 2.24) is 9.97 Å². The van der Waals surface area contributed by atoms with Crippen molar-refractivity contribution in [2.24, 2.45) is 0 Å². The number of phenolic OH excluding ortho intramolecular Hbond substituents is 3. The zero-order valence-corrected chi connectivity index (χ0v) is 12.6. The Morgan fingerprint density at radius 1 is 0.833 bits per heavy atom. The van der Waals surface area contributed by atoms with E-state index in [1.807, 2.05) is 12.1 Å². The molecule has 2 aromatic carbocycles. The van der Waals surface area contributed by atoms with Crippen molar-refractivity contribution in [1.29, 1.82) is 0 Å². The van der Waals surface area contributed by atoms with Gasteiger partial charge in [0, 0.05) is 28.9 Å². The molecule has 0 aliphatic heterocycles. The molecule has 4 rings (SSSR count). The zero-order chi connectivity index (χ0) is 16.7. The number of phenols is 3. The molecule has 0 radical (unpaired) electrons. The fourth-order valence-electron chi connectivity index (χ4n) is 2.86. The first-order valence-corrected chi connectivity index (χ1v) is 7.41. The maximum absolute atomic E-state index is 10.1. The van der Waals surface area contributed by atoms with E-state index in [1.165, 1.54) is 12.1 Å². The van der Waals surface area contributed by atoms with E-state index in [2.05, 4.69) is 9.97 Å². The Morgan fingerprint density at radius 2 is 1.58 bits per heavy atom. The summed E-state index contributed by atoms with van der Waals surface area (Å²) in [5, 5.41) is 30.7. The molecule has 0 unspecified atom stereocenters. The lowest BCUT2D eigenvalue weighted by Gasteiger charge is -2.07. The van der Waals surface area contributed by atoms with Crippen LogP contribution in [0.25, 0.3) is 33.3 Å². The third kappa shape index (κ3) is 2.23. The van der Waals surface area contributed by atoms with Crippen molar-refractivity contribution in [3.05, 3.63) is 60.9 Å². The number of rotatable bonds is 2. The monoisotopic (exact) mass is 318 g/mol. The number of H-pyrrole nitrogens is 1. The van der Waals surface area contributed by atoms with E-state index in [-0.39, 0.29) is 17.2 Å². The van der Waals surface area contributed by atoms with E-state index >= 15 is 0 Å². The van der Waals surface area contributed by atoms with Gasteiger partial charge in [0.25, 0.3) is 0 Å². The van der Waals surface area contributed by atoms with E-state index in [0.717, 1.165) is 16.5 Å². The van der Waals surface area contributed by atoms with Crippen LogP contribution in [0.5, 0.6) is 17.2 Å². The number of hydrogen-bond acceptors (Lipinski definition) is 4. The molecule has 0 amide bonds. The SMILES string of the molecule is Oc1cccc(-c2cnc3[nH]cc(-c4c(O)cccc4O)c3c2)c1. The number of fused-ring (bicyclic) bond motifs is 1. The lowest BCUT2D eigenvalue weighted by molar-refractivity contribution is 0.454. The van der Waals surface area contributed by atoms with Crippen molar-refractivity contribution in [3.63, 3.8) is 0 Å². The third-order valence-corrected chi connectivity index (χ3v) is 4.00. The Kier molecular flexibility index (Phi) is 3.13. The smallest absolute Gasteiger partial charge is 0.137 e. The highest BCUT2D eigenvalue weighted by Gasteiger charge is 2.15. The van der Waals surface area contributed by atoms with Gasteiger partial charge in [-0.3, -0.25) is 0 Å². The van der Waals surface area contributed by atoms with Gasteiger partial charge in [-0.25, -0.2) is 4.98 Å². The third-order valence-electron chi connectivity index (χ3n) is 4.00. The number of hydrogen-bond donors (Lipinski definition) is 4. The average molecular weight is 318 g/mol. The molecule has 4 N–H and O–H groups in total. The molecule has 2 heterocycles. The molecule has 5 heteroatoms. The molecular formula is C19H14N2O3. The summed E-state index contributed by atoms with van der Waals surface area (Å²) in [6.07, 6.45) is 3.42. The van der Waals surface area contributed by atoms with Gasteiger partial charge in [0.15, 0.2) is 0 Å². The fourth-order valence-corrected chi connectivity index (χ4v) is 2.86. The van der Waals surface area contributed by atoms with Crippen LogP contribution in [0.15, 0.2) is 60.9 Å². The lowest BCUT2D eigenvalue weighted by atomic mass is 10.0. The number of aromatic nitrogens is 2. The van der Waals surface area contributed by atoms with Gasteiger partial charge >= 0.3 is 0 Å². The van der Waals surface area contributed by atoms with Gasteiger partial charge in [-0.2, -0.15) is 0 Å². The summed E-state index contributed by atoms with van der Waals surface area (Å²) in [6.45, 7) is 0. The van der Waals surface area contributed by atoms with Crippen molar-refractivity contribution in [3.8, 4) is 39.5 Å². The standard InChI is InChI=1S/C19H14N2O3/c22-13-4-1-3-11(7-13)12-8-14-15(10-21-19(14)20-9-12)18-16(23)5-2-6-17(18)24/h1-10,22-24H,(H,20,21). The molecule has 4 aromatic rings. The van der Waals surface area contributed by atoms with Crippen LogP contribution in [-0.4, -0.2) is 25.3 Å². The van der Waals surface area contributed by atoms with Crippen LogP contribution in [0.2, 0.25) is 0 Å². The van der Waals surface area contributed by atoms with Crippen LogP contribution in [0.3, 0.4) is 0 Å². The summed E-state index contributed by atoms with van der Waals surface area (Å²) in [7, 11) is 0. The average Bonchev–Trinajstić information content (AvgIpc) is 2.98. The van der Waals surface area contributed by atoms with Gasteiger partial charge in [0.05, 0.1) is 5.56 Å². The normalized spacial score (nSPS) is 11.0. The summed E-state index contributed by atoms with van der Waals surface area (Å²) in [6, 6.07) is 13.5. The van der Waals surface area contributed by atoms with E-state index in [1.54, 1.807) is 36.7 Å². The van der Waals surface area contributed by atoms with Crippen molar-refractivity contribution in [2.45, 2.75) is 0 Å². The topological polar surface area (TPSA) is 89.4 Å². The minimum absolute atomic E-state index is 0.00124. The lowest BCUT2D eigenvalue weighted by Crippen LogP contribution is -1.83. The van der Waals surface area contributed by atoms with Gasteiger partial charge < -0.3 is 20.3 Å². The molecule has 5 nitrogen and oxygen atoms in total. The van der Waals surface area contributed by atoms with Crippen LogP contribution >= 0.6 is 0 Å². The number of nitrogens with zero attached hydrogens (tertiary/aromatic N) is 1. The Balaban J connectivity index is 1.94. The second-order valence-corrected chi connectivity index (χ2v) is 5.54. The molecule has 24 heavy (non-hydrogen) atoms. The summed E-state index contributed by atoms with van der Waals surface area (Å²) in [4.78, 5) is 7.44. The Hall–Kier alpha value is -3.47. The summed E-state index contributed by atoms with van der Waals surface area (Å²) < 4.78 is 0. The second kappa shape index (κ2) is 5.31. The minimum Gasteiger partial charge on any atom is -0.508 e. The van der Waals surface area contributed by atoms with Crippen LogP contribution in [0.4, 0.5) is 0 Å². The van der Waals surface area contributed by atoms with Crippen LogP contribution in [0, 0.1) is 0 Å². The second-order valence-electron chi connectivity index (χ2n) is 5.54. The first kappa shape index (κ1) is 14.1. The number of aromatic hydroxyl groups is 3. The van der Waals surface area contributed by atoms with E-state index in [9.17, 15) is 15.3 Å². The molecule has 0 saturated heterocycles. The summed E-state index contributed by atoms with van der Waals surface area (Å²) in [5.74, 6) is 0.178. The number of benzene rings is 2. The molecular weight excluding hydrogens is 304 g/mol. The Bertz CT molecular complexity index is 1030. The molecule has 0 saturated carbocycles. The molecule has 0 atom stereocenters. The van der Waals surface area contributed by atoms with E-state index in [0.29, 0.717) is 16.8 Å². The largest absolute Gasteiger partial charge is 0.508 e. The summed E-state index contributed by atoms with van der Waals surface area (Å²) >= 11 is 0. The quantitative estimate of drug-likeness (QED) is 0.449. The zero-order valence-electron chi connectivity index (χ0n) is 12.6. The van der Waals surface area contributed by atoms with Gasteiger partial charge in [0.2, 0.25) is 0 Å². The Labute approximate surface area is 137 Å². The van der Waals surface area contributed by atoms with Crippen LogP contribution in [-0.2, 0) is 0 Å². The Morgan fingerprint density at radius 3 is 2.33 bits per heavy atom. The van der Waals surface area contributed by atoms with Crippen LogP contribution in [0.1, 0.15) is 0 Å². The van der Waals surface area contributed by atoms with E-state index in [4.69, 9.17) is 0 Å². The molecule has 0 aliphatic rings. The predicted octanol–water partition coefficient (Wildman–Crippen LogP) is 4.01. The highest BCUT2D eigenvalue weighted by molar-refractivity contribution is 5.98. The highest BCUT2D eigenvalue weighted by Crippen LogP contribution is 2.41. The summed E-state index contributed by atoms with van der Waals surface area (Å²) in [5.41, 5.74) is 3.33. The number of aromatic amines is 1. The van der Waals surface area contributed by atoms with Gasteiger partial charge in [-0.1, -0.05) is 18.2 Å². The van der Waals surface area contributed by atoms with Crippen molar-refractivity contribution in [2.75, 3.05) is 0 Å². The van der Waals surface area contributed by atoms with Crippen molar-refractivity contribution < 1.29 is 15.3 Å². The molecule has 0 aliphatic carbocycles. The fraction of sp³-hybridized carbons (Fsp3) is 0. The molecule has 118 valence electrons. The van der Waals surface area contributed by atoms with E-state index < -0.39 is 0 Å². The molecule has 0 spiro atoms. The molecule has 2 aromatic heterocycles.